The Balaban J connectivity index is 1.72. The van der Waals surface area contributed by atoms with E-state index in [0.717, 1.165) is 31.2 Å². The summed E-state index contributed by atoms with van der Waals surface area (Å²) < 4.78 is 2.12. The fourth-order valence-electron chi connectivity index (χ4n) is 3.58. The summed E-state index contributed by atoms with van der Waals surface area (Å²) in [4.78, 5) is 0. The van der Waals surface area contributed by atoms with Crippen molar-refractivity contribution in [2.45, 2.75) is 52.0 Å². The first kappa shape index (κ1) is 12.2. The van der Waals surface area contributed by atoms with Crippen LogP contribution in [0.15, 0.2) is 0 Å². The second kappa shape index (κ2) is 5.00. The van der Waals surface area contributed by atoms with E-state index in [0.29, 0.717) is 12.5 Å². The molecule has 0 radical (unpaired) electrons. The van der Waals surface area contributed by atoms with E-state index in [4.69, 9.17) is 0 Å². The molecule has 1 N–H and O–H groups in total. The number of unbranched alkanes of at least 4 members (excludes halogenated alkanes) is 1. The number of aromatic nitrogens is 3. The van der Waals surface area contributed by atoms with Crippen LogP contribution in [0.5, 0.6) is 0 Å². The van der Waals surface area contributed by atoms with Gasteiger partial charge in [0.15, 0.2) is 0 Å². The minimum absolute atomic E-state index is 0.376. The third kappa shape index (κ3) is 2.07. The molecule has 0 spiro atoms. The third-order valence-corrected chi connectivity index (χ3v) is 4.79. The van der Waals surface area contributed by atoms with Crippen LogP contribution in [0.2, 0.25) is 0 Å². The maximum atomic E-state index is 9.33. The van der Waals surface area contributed by atoms with E-state index in [1.54, 1.807) is 0 Å². The number of aryl methyl sites for hydroxylation is 2. The molecule has 4 heteroatoms. The number of hydrogen-bond acceptors (Lipinski definition) is 3. The molecule has 4 nitrogen and oxygen atoms in total. The van der Waals surface area contributed by atoms with Crippen molar-refractivity contribution in [1.82, 2.24) is 15.0 Å². The molecule has 0 amide bonds. The normalized spacial score (nSPS) is 30.2. The first-order valence-electron chi connectivity index (χ1n) is 7.37. The van der Waals surface area contributed by atoms with Gasteiger partial charge in [0.2, 0.25) is 0 Å². The Hall–Kier alpha value is -0.900. The Morgan fingerprint density at radius 1 is 1.28 bits per heavy atom. The summed E-state index contributed by atoms with van der Waals surface area (Å²) in [6, 6.07) is 0. The van der Waals surface area contributed by atoms with Crippen molar-refractivity contribution < 1.29 is 5.11 Å². The van der Waals surface area contributed by atoms with Crippen LogP contribution < -0.4 is 0 Å². The Bertz CT molecular complexity index is 415. The first-order valence-corrected chi connectivity index (χ1v) is 7.37. The Labute approximate surface area is 108 Å². The molecule has 1 aromatic heterocycles. The molecule has 3 unspecified atom stereocenters. The van der Waals surface area contributed by atoms with Crippen LogP contribution in [-0.4, -0.2) is 26.7 Å². The standard InChI is InChI=1S/C14H23N3O/c1-2-3-8-17-14-7-5-11-10(12(11)9-18)4-6-13(14)15-16-17/h10-12,18H,2-9H2,1H3. The fraction of sp³-hybridized carbons (Fsp3) is 0.857. The zero-order valence-corrected chi connectivity index (χ0v) is 11.2. The van der Waals surface area contributed by atoms with Crippen LogP contribution in [0.25, 0.3) is 0 Å². The lowest BCUT2D eigenvalue weighted by atomic mass is 10.0. The van der Waals surface area contributed by atoms with E-state index in [1.807, 2.05) is 0 Å². The maximum absolute atomic E-state index is 9.33. The Morgan fingerprint density at radius 2 is 2.06 bits per heavy atom. The predicted molar refractivity (Wildman–Crippen MR) is 69.1 cm³/mol. The molecule has 0 aromatic carbocycles. The monoisotopic (exact) mass is 249 g/mol. The summed E-state index contributed by atoms with van der Waals surface area (Å²) in [5.74, 6) is 2.09. The SMILES string of the molecule is CCCCn1nnc2c1CCC1C(CO)C1CC2. The van der Waals surface area contributed by atoms with Gasteiger partial charge >= 0.3 is 0 Å². The molecule has 0 saturated heterocycles. The van der Waals surface area contributed by atoms with Crippen molar-refractivity contribution in [2.24, 2.45) is 17.8 Å². The number of aliphatic hydroxyl groups excluding tert-OH is 1. The van der Waals surface area contributed by atoms with Gasteiger partial charge in [0.05, 0.1) is 11.4 Å². The number of aliphatic hydroxyl groups is 1. The van der Waals surface area contributed by atoms with Gasteiger partial charge in [-0.25, -0.2) is 4.68 Å². The van der Waals surface area contributed by atoms with E-state index >= 15 is 0 Å². The van der Waals surface area contributed by atoms with Crippen LogP contribution >= 0.6 is 0 Å². The molecule has 1 saturated carbocycles. The number of hydrogen-bond donors (Lipinski definition) is 1. The van der Waals surface area contributed by atoms with Crippen LogP contribution in [0.3, 0.4) is 0 Å². The van der Waals surface area contributed by atoms with Crippen molar-refractivity contribution in [3.63, 3.8) is 0 Å². The van der Waals surface area contributed by atoms with Gasteiger partial charge in [0, 0.05) is 13.2 Å². The highest BCUT2D eigenvalue weighted by molar-refractivity contribution is 5.15. The quantitative estimate of drug-likeness (QED) is 0.885. The highest BCUT2D eigenvalue weighted by Crippen LogP contribution is 2.52. The zero-order chi connectivity index (χ0) is 12.5. The second-order valence-electron chi connectivity index (χ2n) is 5.81. The van der Waals surface area contributed by atoms with Gasteiger partial charge in [-0.3, -0.25) is 0 Å². The molecular formula is C14H23N3O. The van der Waals surface area contributed by atoms with Gasteiger partial charge in [0.1, 0.15) is 0 Å². The summed E-state index contributed by atoms with van der Waals surface area (Å²) in [5.41, 5.74) is 2.58. The summed E-state index contributed by atoms with van der Waals surface area (Å²) in [5, 5.41) is 18.0. The van der Waals surface area contributed by atoms with E-state index in [-0.39, 0.29) is 0 Å². The fourth-order valence-corrected chi connectivity index (χ4v) is 3.58. The second-order valence-corrected chi connectivity index (χ2v) is 5.81. The van der Waals surface area contributed by atoms with E-state index in [1.165, 1.54) is 37.1 Å². The lowest BCUT2D eigenvalue weighted by Crippen LogP contribution is -2.08. The lowest BCUT2D eigenvalue weighted by molar-refractivity contribution is 0.262. The van der Waals surface area contributed by atoms with E-state index < -0.39 is 0 Å². The maximum Gasteiger partial charge on any atom is 0.0859 e. The van der Waals surface area contributed by atoms with Gasteiger partial charge < -0.3 is 5.11 Å². The largest absolute Gasteiger partial charge is 0.396 e. The van der Waals surface area contributed by atoms with Crippen molar-refractivity contribution in [3.8, 4) is 0 Å². The molecule has 1 aromatic rings. The highest BCUT2D eigenvalue weighted by atomic mass is 16.3. The van der Waals surface area contributed by atoms with Crippen LogP contribution in [0.1, 0.15) is 44.0 Å². The number of nitrogens with zero attached hydrogens (tertiary/aromatic N) is 3. The molecule has 2 aliphatic rings. The van der Waals surface area contributed by atoms with Crippen molar-refractivity contribution >= 4 is 0 Å². The molecule has 0 bridgehead atoms. The van der Waals surface area contributed by atoms with Gasteiger partial charge in [-0.15, -0.1) is 5.10 Å². The molecule has 18 heavy (non-hydrogen) atoms. The van der Waals surface area contributed by atoms with Crippen molar-refractivity contribution in [1.29, 1.82) is 0 Å². The van der Waals surface area contributed by atoms with Crippen LogP contribution in [0.4, 0.5) is 0 Å². The average Bonchev–Trinajstić information content (AvgIpc) is 2.89. The van der Waals surface area contributed by atoms with Crippen LogP contribution in [0, 0.1) is 17.8 Å². The predicted octanol–water partition coefficient (Wildman–Crippen LogP) is 1.81. The Morgan fingerprint density at radius 3 is 2.78 bits per heavy atom. The van der Waals surface area contributed by atoms with Crippen molar-refractivity contribution in [3.05, 3.63) is 11.4 Å². The van der Waals surface area contributed by atoms with E-state index in [9.17, 15) is 5.11 Å². The summed E-state index contributed by atoms with van der Waals surface area (Å²) in [6.07, 6.45) is 6.94. The van der Waals surface area contributed by atoms with Crippen LogP contribution in [-0.2, 0) is 19.4 Å². The van der Waals surface area contributed by atoms with Crippen molar-refractivity contribution in [2.75, 3.05) is 6.61 Å². The Kier molecular flexibility index (Phi) is 3.37. The van der Waals surface area contributed by atoms with Gasteiger partial charge in [-0.2, -0.15) is 0 Å². The minimum Gasteiger partial charge on any atom is -0.396 e. The molecule has 3 atom stereocenters. The smallest absolute Gasteiger partial charge is 0.0859 e. The van der Waals surface area contributed by atoms with Gasteiger partial charge in [-0.1, -0.05) is 18.6 Å². The summed E-state index contributed by atoms with van der Waals surface area (Å²) in [6.45, 7) is 3.60. The molecule has 1 fully saturated rings. The number of rotatable bonds is 4. The molecule has 1 heterocycles. The topological polar surface area (TPSA) is 50.9 Å². The molecular weight excluding hydrogens is 226 g/mol. The highest BCUT2D eigenvalue weighted by Gasteiger charge is 2.49. The summed E-state index contributed by atoms with van der Waals surface area (Å²) >= 11 is 0. The summed E-state index contributed by atoms with van der Waals surface area (Å²) in [7, 11) is 0. The third-order valence-electron chi connectivity index (χ3n) is 4.79. The average molecular weight is 249 g/mol. The molecule has 3 rings (SSSR count). The number of fused-ring (bicyclic) bond motifs is 2. The molecule has 100 valence electrons. The van der Waals surface area contributed by atoms with Gasteiger partial charge in [0.25, 0.3) is 0 Å². The minimum atomic E-state index is 0.376. The lowest BCUT2D eigenvalue weighted by Gasteiger charge is -2.10. The van der Waals surface area contributed by atoms with Gasteiger partial charge in [-0.05, 0) is 49.9 Å². The molecule has 2 aliphatic carbocycles. The van der Waals surface area contributed by atoms with E-state index in [2.05, 4.69) is 21.9 Å². The molecule has 0 aliphatic heterocycles. The first-order chi connectivity index (χ1) is 8.85. The zero-order valence-electron chi connectivity index (χ0n) is 11.2.